The molecule has 1 aromatic heterocycles. The average Bonchev–Trinajstić information content (AvgIpc) is 3.14. The maximum Gasteiger partial charge on any atom is 0.343 e. The second-order valence-corrected chi connectivity index (χ2v) is 4.05. The van der Waals surface area contributed by atoms with E-state index in [4.69, 9.17) is 9.47 Å². The van der Waals surface area contributed by atoms with E-state index >= 15 is 0 Å². The Balaban J connectivity index is 2.28. The molecule has 2 rings (SSSR count). The molecular weight excluding hydrogens is 218 g/mol. The lowest BCUT2D eigenvalue weighted by atomic mass is 10.1. The van der Waals surface area contributed by atoms with Crippen molar-refractivity contribution < 1.29 is 14.3 Å². The van der Waals surface area contributed by atoms with Gasteiger partial charge >= 0.3 is 5.97 Å². The molecule has 1 aliphatic carbocycles. The molecule has 0 unspecified atom stereocenters. The van der Waals surface area contributed by atoms with E-state index in [9.17, 15) is 4.79 Å². The highest BCUT2D eigenvalue weighted by Gasteiger charge is 2.26. The molecule has 1 heterocycles. The number of carbonyl (C=O) groups excluding carboxylic acids is 1. The van der Waals surface area contributed by atoms with Crippen LogP contribution in [0.15, 0.2) is 12.3 Å². The summed E-state index contributed by atoms with van der Waals surface area (Å²) < 4.78 is 10.4. The molecule has 0 bridgehead atoms. The van der Waals surface area contributed by atoms with Gasteiger partial charge in [0.2, 0.25) is 5.88 Å². The predicted molar refractivity (Wildman–Crippen MR) is 63.3 cm³/mol. The zero-order valence-electron chi connectivity index (χ0n) is 10.2. The topological polar surface area (TPSA) is 48.4 Å². The van der Waals surface area contributed by atoms with Gasteiger partial charge in [0.05, 0.1) is 13.2 Å². The summed E-state index contributed by atoms with van der Waals surface area (Å²) in [7, 11) is 0. The molecule has 1 aromatic rings. The number of rotatable bonds is 5. The van der Waals surface area contributed by atoms with Crippen LogP contribution in [0.4, 0.5) is 0 Å². The van der Waals surface area contributed by atoms with Gasteiger partial charge in [-0.2, -0.15) is 0 Å². The van der Waals surface area contributed by atoms with Crippen LogP contribution in [0.25, 0.3) is 0 Å². The Hall–Kier alpha value is -1.58. The van der Waals surface area contributed by atoms with Gasteiger partial charge < -0.3 is 9.47 Å². The van der Waals surface area contributed by atoms with Crippen molar-refractivity contribution in [3.63, 3.8) is 0 Å². The monoisotopic (exact) mass is 235 g/mol. The minimum Gasteiger partial charge on any atom is -0.477 e. The maximum atomic E-state index is 11.8. The van der Waals surface area contributed by atoms with E-state index in [1.165, 1.54) is 12.8 Å². The fourth-order valence-electron chi connectivity index (χ4n) is 1.72. The smallest absolute Gasteiger partial charge is 0.343 e. The fraction of sp³-hybridized carbons (Fsp3) is 0.538. The second kappa shape index (κ2) is 5.17. The van der Waals surface area contributed by atoms with E-state index < -0.39 is 0 Å². The van der Waals surface area contributed by atoms with Crippen molar-refractivity contribution in [1.82, 2.24) is 4.98 Å². The second-order valence-electron chi connectivity index (χ2n) is 4.05. The Morgan fingerprint density at radius 3 is 2.76 bits per heavy atom. The standard InChI is InChI=1S/C13H17NO3/c1-3-16-12-11(13(15)17-4-2)7-10(8-14-12)9-5-6-9/h7-9H,3-6H2,1-2H3. The van der Waals surface area contributed by atoms with Crippen LogP contribution in [0.2, 0.25) is 0 Å². The van der Waals surface area contributed by atoms with E-state index in [2.05, 4.69) is 4.98 Å². The molecule has 0 spiro atoms. The zero-order valence-corrected chi connectivity index (χ0v) is 10.2. The number of nitrogens with zero attached hydrogens (tertiary/aromatic N) is 1. The molecule has 0 aliphatic heterocycles. The van der Waals surface area contributed by atoms with Gasteiger partial charge in [0.1, 0.15) is 5.56 Å². The number of pyridine rings is 1. The summed E-state index contributed by atoms with van der Waals surface area (Å²) in [5, 5.41) is 0. The number of aromatic nitrogens is 1. The summed E-state index contributed by atoms with van der Waals surface area (Å²) in [6.07, 6.45) is 4.15. The van der Waals surface area contributed by atoms with Crippen LogP contribution in [0.5, 0.6) is 5.88 Å². The summed E-state index contributed by atoms with van der Waals surface area (Å²) in [4.78, 5) is 16.0. The Morgan fingerprint density at radius 1 is 1.41 bits per heavy atom. The van der Waals surface area contributed by atoms with E-state index in [-0.39, 0.29) is 5.97 Å². The zero-order chi connectivity index (χ0) is 12.3. The van der Waals surface area contributed by atoms with Crippen LogP contribution in [0.1, 0.15) is 48.5 Å². The molecule has 1 saturated carbocycles. The molecule has 1 fully saturated rings. The Labute approximate surface area is 101 Å². The number of hydrogen-bond donors (Lipinski definition) is 0. The van der Waals surface area contributed by atoms with Gasteiger partial charge in [-0.3, -0.25) is 0 Å². The van der Waals surface area contributed by atoms with Crippen molar-refractivity contribution in [3.05, 3.63) is 23.4 Å². The lowest BCUT2D eigenvalue weighted by molar-refractivity contribution is 0.0520. The highest BCUT2D eigenvalue weighted by Crippen LogP contribution is 2.40. The fourth-order valence-corrected chi connectivity index (χ4v) is 1.72. The minimum atomic E-state index is -0.356. The van der Waals surface area contributed by atoms with Gasteiger partial charge in [0.15, 0.2) is 0 Å². The molecule has 0 atom stereocenters. The van der Waals surface area contributed by atoms with Crippen LogP contribution >= 0.6 is 0 Å². The molecule has 4 nitrogen and oxygen atoms in total. The summed E-state index contributed by atoms with van der Waals surface area (Å²) in [5.74, 6) is 0.577. The largest absolute Gasteiger partial charge is 0.477 e. The molecule has 0 radical (unpaired) electrons. The lowest BCUT2D eigenvalue weighted by Gasteiger charge is -2.09. The molecule has 92 valence electrons. The first-order valence-electron chi connectivity index (χ1n) is 6.06. The Bertz CT molecular complexity index is 413. The number of esters is 1. The molecular formula is C13H17NO3. The van der Waals surface area contributed by atoms with E-state index in [1.807, 2.05) is 13.0 Å². The van der Waals surface area contributed by atoms with Gasteiger partial charge in [-0.25, -0.2) is 9.78 Å². The van der Waals surface area contributed by atoms with Crippen molar-refractivity contribution in [3.8, 4) is 5.88 Å². The molecule has 0 N–H and O–H groups in total. The van der Waals surface area contributed by atoms with Crippen molar-refractivity contribution in [1.29, 1.82) is 0 Å². The maximum absolute atomic E-state index is 11.8. The first-order valence-corrected chi connectivity index (χ1v) is 6.06. The predicted octanol–water partition coefficient (Wildman–Crippen LogP) is 2.53. The van der Waals surface area contributed by atoms with Crippen LogP contribution in [0, 0.1) is 0 Å². The summed E-state index contributed by atoms with van der Waals surface area (Å²) in [5.41, 5.74) is 1.55. The molecule has 4 heteroatoms. The average molecular weight is 235 g/mol. The number of hydrogen-bond acceptors (Lipinski definition) is 4. The van der Waals surface area contributed by atoms with Crippen LogP contribution in [-0.4, -0.2) is 24.2 Å². The van der Waals surface area contributed by atoms with Crippen molar-refractivity contribution >= 4 is 5.97 Å². The molecule has 0 amide bonds. The first-order chi connectivity index (χ1) is 8.26. The van der Waals surface area contributed by atoms with Gasteiger partial charge in [0, 0.05) is 6.20 Å². The Morgan fingerprint density at radius 2 is 2.18 bits per heavy atom. The van der Waals surface area contributed by atoms with E-state index in [1.54, 1.807) is 13.1 Å². The van der Waals surface area contributed by atoms with Gasteiger partial charge in [-0.1, -0.05) is 0 Å². The third-order valence-electron chi connectivity index (χ3n) is 2.70. The summed E-state index contributed by atoms with van der Waals surface area (Å²) >= 11 is 0. The van der Waals surface area contributed by atoms with Gasteiger partial charge in [-0.15, -0.1) is 0 Å². The molecule has 17 heavy (non-hydrogen) atoms. The minimum absolute atomic E-state index is 0.356. The van der Waals surface area contributed by atoms with E-state index in [0.29, 0.717) is 30.6 Å². The third-order valence-corrected chi connectivity index (χ3v) is 2.70. The highest BCUT2D eigenvalue weighted by atomic mass is 16.5. The number of carbonyl (C=O) groups is 1. The van der Waals surface area contributed by atoms with Crippen molar-refractivity contribution in [2.24, 2.45) is 0 Å². The van der Waals surface area contributed by atoms with Crippen LogP contribution in [0.3, 0.4) is 0 Å². The molecule has 1 aliphatic rings. The molecule has 0 aromatic carbocycles. The first kappa shape index (κ1) is 11.9. The lowest BCUT2D eigenvalue weighted by Crippen LogP contribution is -2.09. The van der Waals surface area contributed by atoms with Gasteiger partial charge in [0.25, 0.3) is 0 Å². The number of ether oxygens (including phenoxy) is 2. The van der Waals surface area contributed by atoms with Gasteiger partial charge in [-0.05, 0) is 44.2 Å². The summed E-state index contributed by atoms with van der Waals surface area (Å²) in [6, 6.07) is 1.85. The van der Waals surface area contributed by atoms with Crippen molar-refractivity contribution in [2.75, 3.05) is 13.2 Å². The van der Waals surface area contributed by atoms with E-state index in [0.717, 1.165) is 5.56 Å². The summed E-state index contributed by atoms with van der Waals surface area (Å²) in [6.45, 7) is 4.50. The normalized spacial score (nSPS) is 14.5. The molecule has 0 saturated heterocycles. The highest BCUT2D eigenvalue weighted by molar-refractivity contribution is 5.92. The SMILES string of the molecule is CCOC(=O)c1cc(C2CC2)cnc1OCC. The Kier molecular flexibility index (Phi) is 3.61. The van der Waals surface area contributed by atoms with Crippen LogP contribution in [-0.2, 0) is 4.74 Å². The van der Waals surface area contributed by atoms with Crippen LogP contribution < -0.4 is 4.74 Å². The quantitative estimate of drug-likeness (QED) is 0.736. The third kappa shape index (κ3) is 2.75. The van der Waals surface area contributed by atoms with Crippen molar-refractivity contribution in [2.45, 2.75) is 32.6 Å².